The van der Waals surface area contributed by atoms with Crippen LogP contribution in [0.25, 0.3) is 27.8 Å². The Morgan fingerprint density at radius 2 is 1.37 bits per heavy atom. The molecular weight excluding hydrogens is 324 g/mol. The molecule has 0 aromatic heterocycles. The van der Waals surface area contributed by atoms with Gasteiger partial charge in [0.1, 0.15) is 0 Å². The summed E-state index contributed by atoms with van der Waals surface area (Å²) in [5.41, 5.74) is 8.99. The van der Waals surface area contributed by atoms with E-state index in [0.29, 0.717) is 5.92 Å². The Hall–Kier alpha value is -3.12. The molecule has 0 spiro atoms. The van der Waals surface area contributed by atoms with Crippen LogP contribution in [0.4, 0.5) is 0 Å². The van der Waals surface area contributed by atoms with Gasteiger partial charge in [-0.15, -0.1) is 0 Å². The van der Waals surface area contributed by atoms with Crippen molar-refractivity contribution < 1.29 is 0 Å². The molecule has 1 aliphatic carbocycles. The summed E-state index contributed by atoms with van der Waals surface area (Å²) in [6, 6.07) is 26.1. The van der Waals surface area contributed by atoms with E-state index in [1.165, 1.54) is 39.0 Å². The summed E-state index contributed by atoms with van der Waals surface area (Å²) in [6.45, 7) is 4.45. The number of benzene rings is 3. The van der Waals surface area contributed by atoms with Gasteiger partial charge in [0.15, 0.2) is 0 Å². The van der Waals surface area contributed by atoms with Crippen molar-refractivity contribution in [3.05, 3.63) is 114 Å². The van der Waals surface area contributed by atoms with Crippen LogP contribution in [-0.2, 0) is 0 Å². The average Bonchev–Trinajstić information content (AvgIpc) is 2.93. The highest BCUT2D eigenvalue weighted by Gasteiger charge is 2.14. The number of hydrogen-bond acceptors (Lipinski definition) is 0. The van der Waals surface area contributed by atoms with Crippen LogP contribution in [-0.4, -0.2) is 0 Å². The van der Waals surface area contributed by atoms with Gasteiger partial charge < -0.3 is 0 Å². The lowest BCUT2D eigenvalue weighted by atomic mass is 9.87. The number of aryl methyl sites for hydroxylation is 1. The highest BCUT2D eigenvalue weighted by molar-refractivity contribution is 5.89. The monoisotopic (exact) mass is 348 g/mol. The smallest absolute Gasteiger partial charge is 0.00696 e. The van der Waals surface area contributed by atoms with Crippen molar-refractivity contribution in [2.75, 3.05) is 0 Å². The lowest BCUT2D eigenvalue weighted by Gasteiger charge is -2.17. The predicted octanol–water partition coefficient (Wildman–Crippen LogP) is 7.47. The molecule has 0 saturated carbocycles. The average molecular weight is 348 g/mol. The zero-order chi connectivity index (χ0) is 18.6. The van der Waals surface area contributed by atoms with Gasteiger partial charge >= 0.3 is 0 Å². The number of rotatable bonds is 3. The van der Waals surface area contributed by atoms with Gasteiger partial charge in [-0.2, -0.15) is 0 Å². The molecule has 3 aromatic rings. The van der Waals surface area contributed by atoms with Crippen molar-refractivity contribution in [2.45, 2.75) is 13.8 Å². The molecule has 0 amide bonds. The maximum absolute atomic E-state index is 2.35. The molecular formula is C27H24. The van der Waals surface area contributed by atoms with E-state index >= 15 is 0 Å². The Balaban J connectivity index is 1.94. The molecule has 27 heavy (non-hydrogen) atoms. The summed E-state index contributed by atoms with van der Waals surface area (Å²) in [5, 5.41) is 0. The summed E-state index contributed by atoms with van der Waals surface area (Å²) < 4.78 is 0. The molecule has 0 nitrogen and oxygen atoms in total. The molecule has 4 rings (SSSR count). The highest BCUT2D eigenvalue weighted by atomic mass is 14.2. The Kier molecular flexibility index (Phi) is 4.89. The Morgan fingerprint density at radius 1 is 0.704 bits per heavy atom. The van der Waals surface area contributed by atoms with Crippen LogP contribution in [0, 0.1) is 12.8 Å². The molecule has 132 valence electrons. The third kappa shape index (κ3) is 3.71. The van der Waals surface area contributed by atoms with Crippen molar-refractivity contribution in [1.82, 2.24) is 0 Å². The molecule has 0 aliphatic heterocycles. The maximum Gasteiger partial charge on any atom is -0.00696 e. The maximum atomic E-state index is 2.35. The first-order chi connectivity index (χ1) is 13.2. The Bertz CT molecular complexity index is 1020. The molecule has 0 heterocycles. The van der Waals surface area contributed by atoms with E-state index < -0.39 is 0 Å². The molecule has 1 atom stereocenters. The molecule has 0 heteroatoms. The third-order valence-electron chi connectivity index (χ3n) is 5.06. The van der Waals surface area contributed by atoms with Gasteiger partial charge in [-0.1, -0.05) is 104 Å². The quantitative estimate of drug-likeness (QED) is 0.460. The fraction of sp³-hybridized carbons (Fsp3) is 0.111. The zero-order valence-electron chi connectivity index (χ0n) is 15.9. The first-order valence-corrected chi connectivity index (χ1v) is 9.55. The van der Waals surface area contributed by atoms with E-state index in [1.54, 1.807) is 0 Å². The zero-order valence-corrected chi connectivity index (χ0v) is 15.9. The SMILES string of the molecule is Cc1cc(C2=CC(C)C=CC=C2)cc(-c2ccccc2)c1-c1ccccc1. The Morgan fingerprint density at radius 3 is 2.07 bits per heavy atom. The van der Waals surface area contributed by atoms with Crippen LogP contribution in [0.2, 0.25) is 0 Å². The Labute approximate surface area is 162 Å². The fourth-order valence-corrected chi connectivity index (χ4v) is 3.77. The summed E-state index contributed by atoms with van der Waals surface area (Å²) in [5.74, 6) is 0.435. The second kappa shape index (κ2) is 7.63. The second-order valence-electron chi connectivity index (χ2n) is 7.17. The molecule has 1 unspecified atom stereocenters. The van der Waals surface area contributed by atoms with E-state index in [-0.39, 0.29) is 0 Å². The van der Waals surface area contributed by atoms with Gasteiger partial charge in [0.2, 0.25) is 0 Å². The standard InChI is InChI=1S/C27H24/c1-20-11-9-10-16-24(17-20)25-18-21(2)27(23-14-7-4-8-15-23)26(19-25)22-12-5-3-6-13-22/h3-20H,1-2H3. The summed E-state index contributed by atoms with van der Waals surface area (Å²) in [4.78, 5) is 0. The summed E-state index contributed by atoms with van der Waals surface area (Å²) in [6.07, 6.45) is 11.1. The summed E-state index contributed by atoms with van der Waals surface area (Å²) in [7, 11) is 0. The molecule has 1 aliphatic rings. The second-order valence-corrected chi connectivity index (χ2v) is 7.17. The molecule has 0 N–H and O–H groups in total. The fourth-order valence-electron chi connectivity index (χ4n) is 3.77. The van der Waals surface area contributed by atoms with Gasteiger partial charge in [0.25, 0.3) is 0 Å². The minimum absolute atomic E-state index is 0.435. The van der Waals surface area contributed by atoms with Gasteiger partial charge in [0.05, 0.1) is 0 Å². The van der Waals surface area contributed by atoms with E-state index in [4.69, 9.17) is 0 Å². The van der Waals surface area contributed by atoms with E-state index in [9.17, 15) is 0 Å². The third-order valence-corrected chi connectivity index (χ3v) is 5.06. The minimum Gasteiger partial charge on any atom is -0.0779 e. The summed E-state index contributed by atoms with van der Waals surface area (Å²) >= 11 is 0. The van der Waals surface area contributed by atoms with Crippen LogP contribution in [0.5, 0.6) is 0 Å². The van der Waals surface area contributed by atoms with Gasteiger partial charge in [-0.05, 0) is 57.9 Å². The topological polar surface area (TPSA) is 0 Å². The molecule has 3 aromatic carbocycles. The first kappa shape index (κ1) is 17.3. The van der Waals surface area contributed by atoms with Gasteiger partial charge in [0, 0.05) is 0 Å². The van der Waals surface area contributed by atoms with E-state index in [2.05, 4.69) is 117 Å². The van der Waals surface area contributed by atoms with Crippen molar-refractivity contribution in [2.24, 2.45) is 5.92 Å². The number of hydrogen-bond donors (Lipinski definition) is 0. The molecule has 0 fully saturated rings. The minimum atomic E-state index is 0.435. The largest absolute Gasteiger partial charge is 0.0779 e. The predicted molar refractivity (Wildman–Crippen MR) is 117 cm³/mol. The van der Waals surface area contributed by atoms with Crippen molar-refractivity contribution in [3.8, 4) is 22.3 Å². The lowest BCUT2D eigenvalue weighted by Crippen LogP contribution is -1.94. The van der Waals surface area contributed by atoms with Crippen LogP contribution < -0.4 is 0 Å². The van der Waals surface area contributed by atoms with Crippen molar-refractivity contribution in [3.63, 3.8) is 0 Å². The van der Waals surface area contributed by atoms with Gasteiger partial charge in [-0.25, -0.2) is 0 Å². The van der Waals surface area contributed by atoms with E-state index in [1.807, 2.05) is 0 Å². The van der Waals surface area contributed by atoms with Gasteiger partial charge in [-0.3, -0.25) is 0 Å². The van der Waals surface area contributed by atoms with Crippen molar-refractivity contribution in [1.29, 1.82) is 0 Å². The first-order valence-electron chi connectivity index (χ1n) is 9.55. The number of allylic oxidation sites excluding steroid dienone is 6. The van der Waals surface area contributed by atoms with E-state index in [0.717, 1.165) is 0 Å². The molecule has 0 saturated heterocycles. The van der Waals surface area contributed by atoms with Crippen LogP contribution in [0.3, 0.4) is 0 Å². The van der Waals surface area contributed by atoms with Crippen LogP contribution in [0.1, 0.15) is 18.1 Å². The van der Waals surface area contributed by atoms with Crippen LogP contribution >= 0.6 is 0 Å². The highest BCUT2D eigenvalue weighted by Crippen LogP contribution is 2.38. The molecule has 0 radical (unpaired) electrons. The normalized spacial score (nSPS) is 16.1. The van der Waals surface area contributed by atoms with Crippen LogP contribution in [0.15, 0.2) is 103 Å². The van der Waals surface area contributed by atoms with Crippen molar-refractivity contribution >= 4 is 5.57 Å². The molecule has 0 bridgehead atoms. The lowest BCUT2D eigenvalue weighted by molar-refractivity contribution is 0.945.